The van der Waals surface area contributed by atoms with E-state index in [0.29, 0.717) is 11.9 Å². The van der Waals surface area contributed by atoms with Crippen LogP contribution in [0.25, 0.3) is 0 Å². The molecule has 0 bridgehead atoms. The van der Waals surface area contributed by atoms with Gasteiger partial charge >= 0.3 is 0 Å². The molecule has 30 heavy (non-hydrogen) atoms. The number of piperidine rings is 1. The zero-order chi connectivity index (χ0) is 20.6. The number of hydrogen-bond acceptors (Lipinski definition) is 3. The quantitative estimate of drug-likeness (QED) is 0.342. The van der Waals surface area contributed by atoms with Gasteiger partial charge in [0.15, 0.2) is 5.96 Å². The van der Waals surface area contributed by atoms with E-state index in [0.717, 1.165) is 43.9 Å². The van der Waals surface area contributed by atoms with Gasteiger partial charge in [0.1, 0.15) is 11.5 Å². The Morgan fingerprint density at radius 1 is 1.20 bits per heavy atom. The maximum Gasteiger partial charge on any atom is 0.241 e. The molecule has 0 saturated carbocycles. The van der Waals surface area contributed by atoms with E-state index in [2.05, 4.69) is 46.0 Å². The Balaban J connectivity index is 0.00000320. The number of furan rings is 1. The summed E-state index contributed by atoms with van der Waals surface area (Å²) in [6.07, 6.45) is 3.22. The average molecular weight is 524 g/mol. The fourth-order valence-corrected chi connectivity index (χ4v) is 3.76. The molecule has 1 saturated heterocycles. The number of benzene rings is 1. The number of nitrogens with zero attached hydrogens (tertiary/aromatic N) is 2. The third-order valence-electron chi connectivity index (χ3n) is 5.51. The van der Waals surface area contributed by atoms with Crippen LogP contribution in [0.2, 0.25) is 0 Å². The van der Waals surface area contributed by atoms with Crippen molar-refractivity contribution >= 4 is 35.8 Å². The van der Waals surface area contributed by atoms with Gasteiger partial charge in [-0.25, -0.2) is 0 Å². The minimum Gasteiger partial charge on any atom is -0.464 e. The summed E-state index contributed by atoms with van der Waals surface area (Å²) in [7, 11) is 1.70. The summed E-state index contributed by atoms with van der Waals surface area (Å²) in [6.45, 7) is 5.82. The molecule has 3 rings (SSSR count). The Morgan fingerprint density at radius 2 is 1.90 bits per heavy atom. The lowest BCUT2D eigenvalue weighted by Crippen LogP contribution is -2.47. The van der Waals surface area contributed by atoms with Crippen molar-refractivity contribution in [2.75, 3.05) is 26.7 Å². The standard InChI is InChI=1S/C23H32N4O2.HI/c1-17-9-10-21(29-17)18(2)26-23(24-3)25-16-22(28)27-13-11-20(12-14-27)15-19-7-5-4-6-8-19;/h4-10,18,20H,11-16H2,1-3H3,(H2,24,25,26);1H. The van der Waals surface area contributed by atoms with Crippen LogP contribution in [-0.4, -0.2) is 43.4 Å². The van der Waals surface area contributed by atoms with Crippen LogP contribution in [0, 0.1) is 12.8 Å². The summed E-state index contributed by atoms with van der Waals surface area (Å²) in [5, 5.41) is 6.39. The Hall–Kier alpha value is -2.03. The van der Waals surface area contributed by atoms with Gasteiger partial charge in [-0.05, 0) is 56.7 Å². The largest absolute Gasteiger partial charge is 0.464 e. The molecule has 0 spiro atoms. The van der Waals surface area contributed by atoms with Gasteiger partial charge in [0.05, 0.1) is 12.6 Å². The van der Waals surface area contributed by atoms with E-state index in [9.17, 15) is 4.79 Å². The van der Waals surface area contributed by atoms with Crippen molar-refractivity contribution in [2.45, 2.75) is 39.2 Å². The summed E-state index contributed by atoms with van der Waals surface area (Å²) in [5.41, 5.74) is 1.38. The highest BCUT2D eigenvalue weighted by Crippen LogP contribution is 2.21. The van der Waals surface area contributed by atoms with Crippen molar-refractivity contribution in [3.05, 3.63) is 59.5 Å². The molecule has 6 nitrogen and oxygen atoms in total. The third kappa shape index (κ3) is 7.04. The summed E-state index contributed by atoms with van der Waals surface area (Å²) in [6, 6.07) is 14.5. The molecule has 1 fully saturated rings. The SMILES string of the molecule is CN=C(NCC(=O)N1CCC(Cc2ccccc2)CC1)NC(C)c1ccc(C)o1.I. The van der Waals surface area contributed by atoms with E-state index >= 15 is 0 Å². The summed E-state index contributed by atoms with van der Waals surface area (Å²) >= 11 is 0. The Kier molecular flexibility index (Phi) is 9.68. The van der Waals surface area contributed by atoms with Crippen molar-refractivity contribution in [3.63, 3.8) is 0 Å². The van der Waals surface area contributed by atoms with Gasteiger partial charge in [-0.15, -0.1) is 24.0 Å². The highest BCUT2D eigenvalue weighted by molar-refractivity contribution is 14.0. The minimum atomic E-state index is -0.0290. The minimum absolute atomic E-state index is 0. The fourth-order valence-electron chi connectivity index (χ4n) is 3.76. The molecule has 0 aliphatic carbocycles. The van der Waals surface area contributed by atoms with Gasteiger partial charge in [0.25, 0.3) is 0 Å². The van der Waals surface area contributed by atoms with E-state index in [1.54, 1.807) is 7.05 Å². The normalized spacial score (nSPS) is 16.0. The van der Waals surface area contributed by atoms with E-state index in [1.165, 1.54) is 5.56 Å². The van der Waals surface area contributed by atoms with Crippen molar-refractivity contribution in [3.8, 4) is 0 Å². The number of rotatable bonds is 6. The molecule has 0 radical (unpaired) electrons. The first kappa shape index (κ1) is 24.2. The highest BCUT2D eigenvalue weighted by Gasteiger charge is 2.23. The predicted molar refractivity (Wildman–Crippen MR) is 131 cm³/mol. The Morgan fingerprint density at radius 3 is 2.50 bits per heavy atom. The van der Waals surface area contributed by atoms with Crippen molar-refractivity contribution < 1.29 is 9.21 Å². The van der Waals surface area contributed by atoms with Crippen molar-refractivity contribution in [2.24, 2.45) is 10.9 Å². The third-order valence-corrected chi connectivity index (χ3v) is 5.51. The zero-order valence-electron chi connectivity index (χ0n) is 18.1. The molecule has 1 aromatic heterocycles. The summed E-state index contributed by atoms with van der Waals surface area (Å²) in [5.74, 6) is 3.09. The number of carbonyl (C=O) groups is 1. The fraction of sp³-hybridized carbons (Fsp3) is 0.478. The van der Waals surface area contributed by atoms with Crippen LogP contribution < -0.4 is 10.6 Å². The van der Waals surface area contributed by atoms with Gasteiger partial charge in [0.2, 0.25) is 5.91 Å². The topological polar surface area (TPSA) is 69.9 Å². The second-order valence-corrected chi connectivity index (χ2v) is 7.75. The average Bonchev–Trinajstić information content (AvgIpc) is 3.18. The number of aliphatic imine (C=N–C) groups is 1. The molecule has 7 heteroatoms. The van der Waals surface area contributed by atoms with E-state index in [4.69, 9.17) is 4.42 Å². The van der Waals surface area contributed by atoms with Gasteiger partial charge in [-0.2, -0.15) is 0 Å². The number of carbonyl (C=O) groups excluding carboxylic acids is 1. The van der Waals surface area contributed by atoms with Gasteiger partial charge in [0, 0.05) is 20.1 Å². The molecule has 1 atom stereocenters. The maximum absolute atomic E-state index is 12.6. The number of aryl methyl sites for hydroxylation is 1. The Labute approximate surface area is 196 Å². The molecule has 164 valence electrons. The van der Waals surface area contributed by atoms with Crippen LogP contribution in [0.1, 0.15) is 42.9 Å². The number of hydrogen-bond donors (Lipinski definition) is 2. The monoisotopic (exact) mass is 524 g/mol. The molecular formula is C23H33IN4O2. The van der Waals surface area contributed by atoms with E-state index in [1.807, 2.05) is 30.9 Å². The smallest absolute Gasteiger partial charge is 0.241 e. The number of amides is 1. The van der Waals surface area contributed by atoms with Crippen LogP contribution in [0.5, 0.6) is 0 Å². The molecule has 1 amide bonds. The lowest BCUT2D eigenvalue weighted by atomic mass is 9.90. The molecule has 2 N–H and O–H groups in total. The lowest BCUT2D eigenvalue weighted by molar-refractivity contribution is -0.131. The van der Waals surface area contributed by atoms with Crippen LogP contribution in [0.4, 0.5) is 0 Å². The summed E-state index contributed by atoms with van der Waals surface area (Å²) in [4.78, 5) is 18.8. The molecular weight excluding hydrogens is 491 g/mol. The summed E-state index contributed by atoms with van der Waals surface area (Å²) < 4.78 is 5.64. The van der Waals surface area contributed by atoms with Gasteiger partial charge in [-0.3, -0.25) is 9.79 Å². The Bertz CT molecular complexity index is 814. The molecule has 1 unspecified atom stereocenters. The van der Waals surface area contributed by atoms with Crippen LogP contribution in [0.15, 0.2) is 51.9 Å². The van der Waals surface area contributed by atoms with Crippen LogP contribution in [-0.2, 0) is 11.2 Å². The first-order chi connectivity index (χ1) is 14.0. The van der Waals surface area contributed by atoms with E-state index in [-0.39, 0.29) is 42.5 Å². The lowest BCUT2D eigenvalue weighted by Gasteiger charge is -2.32. The zero-order valence-corrected chi connectivity index (χ0v) is 20.4. The molecule has 2 aromatic rings. The van der Waals surface area contributed by atoms with Gasteiger partial charge < -0.3 is 20.0 Å². The van der Waals surface area contributed by atoms with Crippen LogP contribution >= 0.6 is 24.0 Å². The number of likely N-dealkylation sites (tertiary alicyclic amines) is 1. The molecule has 1 aromatic carbocycles. The number of halogens is 1. The van der Waals surface area contributed by atoms with E-state index < -0.39 is 0 Å². The molecule has 2 heterocycles. The van der Waals surface area contributed by atoms with Crippen molar-refractivity contribution in [1.29, 1.82) is 0 Å². The second-order valence-electron chi connectivity index (χ2n) is 7.75. The maximum atomic E-state index is 12.6. The first-order valence-electron chi connectivity index (χ1n) is 10.4. The molecule has 1 aliphatic heterocycles. The van der Waals surface area contributed by atoms with Gasteiger partial charge in [-0.1, -0.05) is 30.3 Å². The predicted octanol–water partition coefficient (Wildman–Crippen LogP) is 3.91. The molecule has 1 aliphatic rings. The second kappa shape index (κ2) is 12.0. The number of nitrogens with one attached hydrogen (secondary N) is 2. The van der Waals surface area contributed by atoms with Crippen molar-refractivity contribution in [1.82, 2.24) is 15.5 Å². The van der Waals surface area contributed by atoms with Crippen LogP contribution in [0.3, 0.4) is 0 Å². The first-order valence-corrected chi connectivity index (χ1v) is 10.4. The number of guanidine groups is 1. The highest BCUT2D eigenvalue weighted by atomic mass is 127.